The summed E-state index contributed by atoms with van der Waals surface area (Å²) in [6, 6.07) is 17.6. The van der Waals surface area contributed by atoms with Crippen molar-refractivity contribution in [1.82, 2.24) is 20.1 Å². The van der Waals surface area contributed by atoms with Gasteiger partial charge in [0.15, 0.2) is 0 Å². The zero-order valence-electron chi connectivity index (χ0n) is 18.5. The van der Waals surface area contributed by atoms with E-state index in [2.05, 4.69) is 30.1 Å². The fraction of sp³-hybridized carbons (Fsp3) is 0.400. The number of nitrogens with zero attached hydrogens (tertiary/aromatic N) is 3. The number of nitrogens with one attached hydrogen (secondary N) is 1. The number of fused-ring (bicyclic) bond motifs is 1. The normalized spacial score (nSPS) is 24.1. The smallest absolute Gasteiger partial charge is 0.319 e. The van der Waals surface area contributed by atoms with Crippen molar-refractivity contribution in [2.24, 2.45) is 5.92 Å². The maximum Gasteiger partial charge on any atom is 0.326 e. The second-order valence-electron chi connectivity index (χ2n) is 9.16. The van der Waals surface area contributed by atoms with Gasteiger partial charge in [-0.15, -0.1) is 11.3 Å². The lowest BCUT2D eigenvalue weighted by Crippen LogP contribution is -2.46. The molecule has 2 fully saturated rings. The summed E-state index contributed by atoms with van der Waals surface area (Å²) in [6.07, 6.45) is 2.58. The first-order valence-corrected chi connectivity index (χ1v) is 12.1. The lowest BCUT2D eigenvalue weighted by molar-refractivity contribution is -0.133. The van der Waals surface area contributed by atoms with Gasteiger partial charge in [-0.2, -0.15) is 0 Å². The molecule has 0 spiro atoms. The van der Waals surface area contributed by atoms with Crippen LogP contribution < -0.4 is 5.32 Å². The minimum absolute atomic E-state index is 0.129. The highest BCUT2D eigenvalue weighted by Crippen LogP contribution is 2.39. The minimum atomic E-state index is -1.00. The molecule has 166 valence electrons. The SMILES string of the molecule is CC(C)C[C@]1(c2ccccc2)NC(=O)N(CN2CCC[C@H]2c2nc3ccccc3s2)C1=O. The van der Waals surface area contributed by atoms with Crippen molar-refractivity contribution >= 4 is 33.5 Å². The Hall–Kier alpha value is -2.77. The number of imide groups is 1. The van der Waals surface area contributed by atoms with Crippen molar-refractivity contribution in [1.29, 1.82) is 0 Å². The zero-order valence-corrected chi connectivity index (χ0v) is 19.3. The molecule has 7 heteroatoms. The Bertz CT molecular complexity index is 1110. The number of carbonyl (C=O) groups excluding carboxylic acids is 2. The van der Waals surface area contributed by atoms with E-state index in [0.29, 0.717) is 6.42 Å². The van der Waals surface area contributed by atoms with Crippen molar-refractivity contribution in [3.63, 3.8) is 0 Å². The average molecular weight is 449 g/mol. The van der Waals surface area contributed by atoms with Gasteiger partial charge in [-0.25, -0.2) is 14.7 Å². The summed E-state index contributed by atoms with van der Waals surface area (Å²) in [5.41, 5.74) is 0.852. The van der Waals surface area contributed by atoms with Crippen LogP contribution in [-0.4, -0.2) is 39.9 Å². The number of carbonyl (C=O) groups is 2. The molecule has 32 heavy (non-hydrogen) atoms. The van der Waals surface area contributed by atoms with Crippen molar-refractivity contribution in [2.75, 3.05) is 13.2 Å². The fourth-order valence-corrected chi connectivity index (χ4v) is 6.17. The standard InChI is InChI=1S/C25H28N4O2S/c1-17(2)15-25(18-9-4-3-5-10-18)23(30)29(24(31)27-25)16-28-14-8-12-20(28)22-26-19-11-6-7-13-21(19)32-22/h3-7,9-11,13,17,20H,8,12,14-16H2,1-2H3,(H,27,31)/t20-,25+/m0/s1. The van der Waals surface area contributed by atoms with E-state index in [1.165, 1.54) is 9.60 Å². The van der Waals surface area contributed by atoms with Gasteiger partial charge in [0.05, 0.1) is 22.9 Å². The summed E-state index contributed by atoms with van der Waals surface area (Å²) in [6.45, 7) is 5.30. The largest absolute Gasteiger partial charge is 0.326 e. The molecule has 1 aromatic heterocycles. The van der Waals surface area contributed by atoms with Crippen LogP contribution in [0.15, 0.2) is 54.6 Å². The zero-order chi connectivity index (χ0) is 22.3. The fourth-order valence-electron chi connectivity index (χ4n) is 5.03. The number of benzene rings is 2. The minimum Gasteiger partial charge on any atom is -0.319 e. The topological polar surface area (TPSA) is 65.5 Å². The summed E-state index contributed by atoms with van der Waals surface area (Å²) >= 11 is 1.71. The average Bonchev–Trinajstić information content (AvgIpc) is 3.47. The van der Waals surface area contributed by atoms with E-state index in [1.54, 1.807) is 11.3 Å². The third-order valence-electron chi connectivity index (χ3n) is 6.44. The first kappa shape index (κ1) is 21.1. The number of aromatic nitrogens is 1. The monoisotopic (exact) mass is 448 g/mol. The lowest BCUT2D eigenvalue weighted by atomic mass is 9.82. The van der Waals surface area contributed by atoms with Gasteiger partial charge >= 0.3 is 6.03 Å². The van der Waals surface area contributed by atoms with Gasteiger partial charge < -0.3 is 5.32 Å². The molecule has 3 aromatic rings. The Labute approximate surface area is 192 Å². The molecule has 3 amide bonds. The molecule has 2 atom stereocenters. The van der Waals surface area contributed by atoms with Gasteiger partial charge in [-0.05, 0) is 42.9 Å². The van der Waals surface area contributed by atoms with Gasteiger partial charge in [0.1, 0.15) is 10.5 Å². The summed E-state index contributed by atoms with van der Waals surface area (Å²) in [5.74, 6) is 0.0963. The Kier molecular flexibility index (Phi) is 5.47. The molecule has 1 N–H and O–H groups in total. The van der Waals surface area contributed by atoms with Gasteiger partial charge in [-0.1, -0.05) is 56.3 Å². The number of urea groups is 1. The van der Waals surface area contributed by atoms with E-state index in [9.17, 15) is 9.59 Å². The molecule has 5 rings (SSSR count). The van der Waals surface area contributed by atoms with Crippen molar-refractivity contribution in [2.45, 2.75) is 44.7 Å². The van der Waals surface area contributed by atoms with Crippen LogP contribution in [0.5, 0.6) is 0 Å². The maximum absolute atomic E-state index is 13.7. The molecule has 2 aliphatic heterocycles. The highest BCUT2D eigenvalue weighted by atomic mass is 32.1. The summed E-state index contributed by atoms with van der Waals surface area (Å²) in [5, 5.41) is 4.12. The summed E-state index contributed by atoms with van der Waals surface area (Å²) < 4.78 is 1.17. The predicted molar refractivity (Wildman–Crippen MR) is 126 cm³/mol. The third kappa shape index (κ3) is 3.59. The van der Waals surface area contributed by atoms with E-state index >= 15 is 0 Å². The molecule has 0 bridgehead atoms. The van der Waals surface area contributed by atoms with E-state index in [4.69, 9.17) is 4.98 Å². The number of thiazole rings is 1. The molecule has 0 saturated carbocycles. The van der Waals surface area contributed by atoms with Crippen LogP contribution in [0.25, 0.3) is 10.2 Å². The first-order valence-electron chi connectivity index (χ1n) is 11.3. The molecular weight excluding hydrogens is 420 g/mol. The highest BCUT2D eigenvalue weighted by molar-refractivity contribution is 7.18. The Morgan fingerprint density at radius 3 is 2.62 bits per heavy atom. The second kappa shape index (κ2) is 8.30. The second-order valence-corrected chi connectivity index (χ2v) is 10.2. The highest BCUT2D eigenvalue weighted by Gasteiger charge is 2.53. The maximum atomic E-state index is 13.7. The van der Waals surface area contributed by atoms with Gasteiger partial charge in [-0.3, -0.25) is 9.69 Å². The molecule has 2 aliphatic rings. The van der Waals surface area contributed by atoms with Crippen molar-refractivity contribution in [3.8, 4) is 0 Å². The predicted octanol–water partition coefficient (Wildman–Crippen LogP) is 4.88. The Balaban J connectivity index is 1.42. The number of likely N-dealkylation sites (tertiary alicyclic amines) is 1. The van der Waals surface area contributed by atoms with Crippen LogP contribution in [0.2, 0.25) is 0 Å². The number of amides is 3. The van der Waals surface area contributed by atoms with Crippen LogP contribution in [0.4, 0.5) is 4.79 Å². The number of hydrogen-bond donors (Lipinski definition) is 1. The third-order valence-corrected chi connectivity index (χ3v) is 7.58. The molecule has 2 saturated heterocycles. The van der Waals surface area contributed by atoms with Crippen LogP contribution >= 0.6 is 11.3 Å². The molecule has 0 aliphatic carbocycles. The molecular formula is C25H28N4O2S. The Morgan fingerprint density at radius 1 is 1.12 bits per heavy atom. The van der Waals surface area contributed by atoms with E-state index in [-0.39, 0.29) is 30.6 Å². The molecule has 6 nitrogen and oxygen atoms in total. The number of rotatable bonds is 6. The van der Waals surface area contributed by atoms with E-state index < -0.39 is 5.54 Å². The van der Waals surface area contributed by atoms with Gasteiger partial charge in [0.2, 0.25) is 0 Å². The summed E-state index contributed by atoms with van der Waals surface area (Å²) in [7, 11) is 0. The van der Waals surface area contributed by atoms with E-state index in [0.717, 1.165) is 35.5 Å². The number of para-hydroxylation sites is 1. The molecule has 0 unspecified atom stereocenters. The lowest BCUT2D eigenvalue weighted by Gasteiger charge is -2.30. The van der Waals surface area contributed by atoms with Gasteiger partial charge in [0, 0.05) is 6.54 Å². The van der Waals surface area contributed by atoms with Crippen molar-refractivity contribution < 1.29 is 9.59 Å². The molecule has 3 heterocycles. The van der Waals surface area contributed by atoms with Crippen molar-refractivity contribution in [3.05, 3.63) is 65.2 Å². The molecule has 0 radical (unpaired) electrons. The van der Waals surface area contributed by atoms with Crippen LogP contribution in [0.1, 0.15) is 49.7 Å². The Morgan fingerprint density at radius 2 is 1.88 bits per heavy atom. The first-order chi connectivity index (χ1) is 15.5. The van der Waals surface area contributed by atoms with Gasteiger partial charge in [0.25, 0.3) is 5.91 Å². The quantitative estimate of drug-likeness (QED) is 0.546. The summed E-state index contributed by atoms with van der Waals surface area (Å²) in [4.78, 5) is 35.3. The van der Waals surface area contributed by atoms with E-state index in [1.807, 2.05) is 48.5 Å². The number of hydrogen-bond acceptors (Lipinski definition) is 5. The van der Waals surface area contributed by atoms with Crippen LogP contribution in [0, 0.1) is 5.92 Å². The molecule has 2 aromatic carbocycles. The van der Waals surface area contributed by atoms with Crippen LogP contribution in [0.3, 0.4) is 0 Å². The van der Waals surface area contributed by atoms with Crippen LogP contribution in [-0.2, 0) is 10.3 Å².